The summed E-state index contributed by atoms with van der Waals surface area (Å²) in [4.78, 5) is 13.0. The Morgan fingerprint density at radius 2 is 1.55 bits per heavy atom. The smallest absolute Gasteiger partial charge is 0.258 e. The molecule has 122 valence electrons. The average molecular weight is 310 g/mol. The molecule has 0 aromatic carbocycles. The molecule has 3 aliphatic heterocycles. The summed E-state index contributed by atoms with van der Waals surface area (Å²) < 4.78 is 29.9. The average Bonchev–Trinajstić information content (AvgIpc) is 3.28. The number of Topliss-reactive ketones (excluding diaryl/α,β-unsaturated/α-hetero) is 1. The van der Waals surface area contributed by atoms with Crippen molar-refractivity contribution in [2.45, 2.75) is 80.9 Å². The molecule has 3 spiro atoms. The third-order valence-corrected chi connectivity index (χ3v) is 5.77. The summed E-state index contributed by atoms with van der Waals surface area (Å²) in [5, 5.41) is 0. The van der Waals surface area contributed by atoms with Crippen LogP contribution in [0.5, 0.6) is 0 Å². The molecule has 5 rings (SSSR count). The molecular formula is C16H22O6. The van der Waals surface area contributed by atoms with Crippen molar-refractivity contribution in [2.24, 2.45) is 0 Å². The molecular weight excluding hydrogens is 288 g/mol. The van der Waals surface area contributed by atoms with Crippen LogP contribution in [0.1, 0.15) is 51.4 Å². The molecule has 0 radical (unpaired) electrons. The Hall–Kier alpha value is -0.530. The topological polar surface area (TPSA) is 63.2 Å². The van der Waals surface area contributed by atoms with Crippen molar-refractivity contribution in [3.8, 4) is 0 Å². The van der Waals surface area contributed by atoms with Crippen molar-refractivity contribution in [2.75, 3.05) is 13.2 Å². The van der Waals surface area contributed by atoms with Gasteiger partial charge >= 0.3 is 0 Å². The van der Waals surface area contributed by atoms with Crippen LogP contribution in [0.2, 0.25) is 0 Å². The molecule has 3 saturated heterocycles. The van der Waals surface area contributed by atoms with E-state index in [0.29, 0.717) is 6.61 Å². The van der Waals surface area contributed by atoms with E-state index in [0.717, 1.165) is 51.4 Å². The quantitative estimate of drug-likeness (QED) is 0.678. The zero-order valence-electron chi connectivity index (χ0n) is 12.7. The largest absolute Gasteiger partial charge is 0.344 e. The van der Waals surface area contributed by atoms with Crippen molar-refractivity contribution < 1.29 is 28.5 Å². The number of carbonyl (C=O) groups excluding carboxylic acids is 1. The van der Waals surface area contributed by atoms with Crippen molar-refractivity contribution in [3.63, 3.8) is 0 Å². The van der Waals surface area contributed by atoms with E-state index in [4.69, 9.17) is 23.7 Å². The maximum Gasteiger partial charge on any atom is 0.258 e. The normalized spacial score (nSPS) is 45.4. The molecule has 3 heterocycles. The summed E-state index contributed by atoms with van der Waals surface area (Å²) in [6, 6.07) is 0. The minimum atomic E-state index is -1.28. The van der Waals surface area contributed by atoms with E-state index >= 15 is 0 Å². The lowest BCUT2D eigenvalue weighted by atomic mass is 9.99. The zero-order chi connectivity index (χ0) is 14.8. The van der Waals surface area contributed by atoms with Gasteiger partial charge < -0.3 is 23.7 Å². The highest BCUT2D eigenvalue weighted by atomic mass is 16.8. The fourth-order valence-electron chi connectivity index (χ4n) is 4.61. The molecule has 3 atom stereocenters. The van der Waals surface area contributed by atoms with Gasteiger partial charge in [-0.1, -0.05) is 0 Å². The lowest BCUT2D eigenvalue weighted by Crippen LogP contribution is -2.59. The standard InChI is InChI=1S/C16H22O6/c17-13-12-11(20-15(21-12)7-3-4-8-15)9-18-16(13)10-19-14(22-16)5-1-2-6-14/h11-12H,1-10H2/t11-,12?,16+/m1/s1. The van der Waals surface area contributed by atoms with Crippen molar-refractivity contribution in [1.29, 1.82) is 0 Å². The van der Waals surface area contributed by atoms with Gasteiger partial charge in [0.1, 0.15) is 12.7 Å². The van der Waals surface area contributed by atoms with Crippen LogP contribution in [0.15, 0.2) is 0 Å². The molecule has 5 aliphatic rings. The Balaban J connectivity index is 1.39. The summed E-state index contributed by atoms with van der Waals surface area (Å²) in [5.74, 6) is -2.62. The molecule has 22 heavy (non-hydrogen) atoms. The van der Waals surface area contributed by atoms with Gasteiger partial charge in [-0.25, -0.2) is 0 Å². The van der Waals surface area contributed by atoms with Crippen molar-refractivity contribution in [3.05, 3.63) is 0 Å². The lowest BCUT2D eigenvalue weighted by molar-refractivity contribution is -0.270. The molecule has 2 saturated carbocycles. The first-order valence-corrected chi connectivity index (χ1v) is 8.53. The molecule has 0 amide bonds. The van der Waals surface area contributed by atoms with Gasteiger partial charge in [0.15, 0.2) is 17.7 Å². The number of ketones is 1. The second-order valence-electron chi connectivity index (χ2n) is 7.25. The Bertz CT molecular complexity index is 483. The van der Waals surface area contributed by atoms with Gasteiger partial charge in [0.2, 0.25) is 5.78 Å². The monoisotopic (exact) mass is 310 g/mol. The van der Waals surface area contributed by atoms with E-state index in [2.05, 4.69) is 0 Å². The maximum absolute atomic E-state index is 13.0. The number of fused-ring (bicyclic) bond motifs is 1. The highest BCUT2D eigenvalue weighted by Gasteiger charge is 2.65. The fraction of sp³-hybridized carbons (Fsp3) is 0.938. The predicted octanol–water partition coefficient (Wildman–Crippen LogP) is 1.65. The third-order valence-electron chi connectivity index (χ3n) is 5.77. The van der Waals surface area contributed by atoms with Crippen LogP contribution >= 0.6 is 0 Å². The summed E-state index contributed by atoms with van der Waals surface area (Å²) in [5.41, 5.74) is 0. The minimum absolute atomic E-state index is 0.156. The van der Waals surface area contributed by atoms with E-state index in [1.54, 1.807) is 0 Å². The second-order valence-corrected chi connectivity index (χ2v) is 7.25. The van der Waals surface area contributed by atoms with E-state index in [1.165, 1.54) is 0 Å². The fourth-order valence-corrected chi connectivity index (χ4v) is 4.61. The predicted molar refractivity (Wildman–Crippen MR) is 72.9 cm³/mol. The number of hydrogen-bond donors (Lipinski definition) is 0. The highest BCUT2D eigenvalue weighted by molar-refractivity contribution is 5.92. The van der Waals surface area contributed by atoms with E-state index in [1.807, 2.05) is 0 Å². The van der Waals surface area contributed by atoms with Crippen LogP contribution in [0.4, 0.5) is 0 Å². The van der Waals surface area contributed by atoms with Gasteiger partial charge in [-0.15, -0.1) is 0 Å². The van der Waals surface area contributed by atoms with Gasteiger partial charge in [-0.3, -0.25) is 4.79 Å². The Labute approximate surface area is 129 Å². The van der Waals surface area contributed by atoms with E-state index in [-0.39, 0.29) is 18.5 Å². The molecule has 0 aromatic rings. The molecule has 5 fully saturated rings. The minimum Gasteiger partial charge on any atom is -0.344 e. The summed E-state index contributed by atoms with van der Waals surface area (Å²) in [6.45, 7) is 0.503. The Kier molecular flexibility index (Phi) is 2.84. The molecule has 0 N–H and O–H groups in total. The van der Waals surface area contributed by atoms with Gasteiger partial charge in [0.25, 0.3) is 5.79 Å². The van der Waals surface area contributed by atoms with Crippen LogP contribution in [-0.2, 0) is 28.5 Å². The lowest BCUT2D eigenvalue weighted by Gasteiger charge is -2.36. The number of carbonyl (C=O) groups is 1. The van der Waals surface area contributed by atoms with Crippen LogP contribution < -0.4 is 0 Å². The number of ether oxygens (including phenoxy) is 5. The van der Waals surface area contributed by atoms with Crippen LogP contribution in [0.3, 0.4) is 0 Å². The summed E-state index contributed by atoms with van der Waals surface area (Å²) in [7, 11) is 0. The number of rotatable bonds is 0. The molecule has 0 bridgehead atoms. The molecule has 6 heteroatoms. The van der Waals surface area contributed by atoms with E-state index < -0.39 is 23.5 Å². The first-order valence-electron chi connectivity index (χ1n) is 8.53. The third kappa shape index (κ3) is 1.82. The van der Waals surface area contributed by atoms with Gasteiger partial charge in [-0.2, -0.15) is 0 Å². The second kappa shape index (κ2) is 4.51. The van der Waals surface area contributed by atoms with Crippen LogP contribution in [0, 0.1) is 0 Å². The maximum atomic E-state index is 13.0. The van der Waals surface area contributed by atoms with Gasteiger partial charge in [0, 0.05) is 25.7 Å². The van der Waals surface area contributed by atoms with Crippen LogP contribution in [-0.4, -0.2) is 48.6 Å². The van der Waals surface area contributed by atoms with Gasteiger partial charge in [0.05, 0.1) is 6.61 Å². The molecule has 1 unspecified atom stereocenters. The van der Waals surface area contributed by atoms with Crippen molar-refractivity contribution in [1.82, 2.24) is 0 Å². The van der Waals surface area contributed by atoms with Crippen LogP contribution in [0.25, 0.3) is 0 Å². The van der Waals surface area contributed by atoms with E-state index in [9.17, 15) is 4.79 Å². The number of hydrogen-bond acceptors (Lipinski definition) is 6. The SMILES string of the molecule is O=C1C2OC3(CCCC3)O[C@@H]2CO[C@]12COC1(CCCC1)O2. The summed E-state index contributed by atoms with van der Waals surface area (Å²) >= 11 is 0. The first-order chi connectivity index (χ1) is 10.6. The Morgan fingerprint density at radius 3 is 2.27 bits per heavy atom. The van der Waals surface area contributed by atoms with Crippen molar-refractivity contribution >= 4 is 5.78 Å². The summed E-state index contributed by atoms with van der Waals surface area (Å²) in [6.07, 6.45) is 6.82. The zero-order valence-corrected chi connectivity index (χ0v) is 12.7. The first kappa shape index (κ1) is 13.9. The highest BCUT2D eigenvalue weighted by Crippen LogP contribution is 2.49. The molecule has 6 nitrogen and oxygen atoms in total. The van der Waals surface area contributed by atoms with Gasteiger partial charge in [-0.05, 0) is 25.7 Å². The Morgan fingerprint density at radius 1 is 0.864 bits per heavy atom. The molecule has 0 aromatic heterocycles. The molecule has 2 aliphatic carbocycles.